The van der Waals surface area contributed by atoms with Crippen molar-refractivity contribution in [3.05, 3.63) is 30.1 Å². The Balaban J connectivity index is 2.06. The number of pyridine rings is 1. The van der Waals surface area contributed by atoms with Crippen LogP contribution in [0.5, 0.6) is 0 Å². The normalized spacial score (nSPS) is 29.3. The third-order valence-corrected chi connectivity index (χ3v) is 2.92. The lowest BCUT2D eigenvalue weighted by Crippen LogP contribution is -2.44. The summed E-state index contributed by atoms with van der Waals surface area (Å²) in [5.74, 6) is -0.415. The minimum Gasteiger partial charge on any atom is -0.469 e. The van der Waals surface area contributed by atoms with Gasteiger partial charge in [-0.05, 0) is 30.5 Å². The predicted octanol–water partition coefficient (Wildman–Crippen LogP) is 0.852. The molecule has 0 unspecified atom stereocenters. The summed E-state index contributed by atoms with van der Waals surface area (Å²) >= 11 is 0. The molecule has 0 atom stereocenters. The lowest BCUT2D eigenvalue weighted by molar-refractivity contribution is -0.163. The highest BCUT2D eigenvalue weighted by molar-refractivity contribution is 5.74. The average Bonchev–Trinajstić information content (AvgIpc) is 2.25. The number of hydrogen-bond donors (Lipinski definition) is 1. The monoisotopic (exact) mass is 207 g/mol. The van der Waals surface area contributed by atoms with Crippen molar-refractivity contribution < 1.29 is 14.6 Å². The molecule has 1 aromatic rings. The van der Waals surface area contributed by atoms with E-state index in [4.69, 9.17) is 0 Å². The minimum atomic E-state index is -0.873. The van der Waals surface area contributed by atoms with Gasteiger partial charge in [-0.1, -0.05) is 0 Å². The Morgan fingerprint density at radius 2 is 2.13 bits per heavy atom. The molecule has 1 aliphatic rings. The molecule has 0 bridgehead atoms. The fraction of sp³-hybridized carbons (Fsp3) is 0.455. The SMILES string of the molecule is COC(=O)C1CC(O)(c2ccncc2)C1. The third-order valence-electron chi connectivity index (χ3n) is 2.92. The Morgan fingerprint density at radius 3 is 2.67 bits per heavy atom. The number of rotatable bonds is 2. The number of carbonyl (C=O) groups is 1. The Morgan fingerprint density at radius 1 is 1.53 bits per heavy atom. The Kier molecular flexibility index (Phi) is 2.44. The molecule has 0 aliphatic heterocycles. The standard InChI is InChI=1S/C11H13NO3/c1-15-10(13)8-6-11(14,7-8)9-2-4-12-5-3-9/h2-5,8,14H,6-7H2,1H3. The number of carbonyl (C=O) groups excluding carboxylic acids is 1. The zero-order valence-corrected chi connectivity index (χ0v) is 8.51. The van der Waals surface area contributed by atoms with E-state index in [0.29, 0.717) is 12.8 Å². The zero-order chi connectivity index (χ0) is 10.9. The first-order valence-electron chi connectivity index (χ1n) is 4.86. The fourth-order valence-corrected chi connectivity index (χ4v) is 1.99. The van der Waals surface area contributed by atoms with E-state index in [1.165, 1.54) is 7.11 Å². The number of methoxy groups -OCH3 is 1. The van der Waals surface area contributed by atoms with Crippen molar-refractivity contribution in [2.24, 2.45) is 5.92 Å². The second-order valence-electron chi connectivity index (χ2n) is 3.90. The summed E-state index contributed by atoms with van der Waals surface area (Å²) in [6.07, 6.45) is 4.14. The first-order chi connectivity index (χ1) is 7.15. The van der Waals surface area contributed by atoms with Crippen molar-refractivity contribution in [1.29, 1.82) is 0 Å². The number of esters is 1. The van der Waals surface area contributed by atoms with Gasteiger partial charge < -0.3 is 9.84 Å². The van der Waals surface area contributed by atoms with Gasteiger partial charge in [-0.15, -0.1) is 0 Å². The Hall–Kier alpha value is -1.42. The number of aliphatic hydroxyl groups is 1. The van der Waals surface area contributed by atoms with Gasteiger partial charge in [0.1, 0.15) is 0 Å². The lowest BCUT2D eigenvalue weighted by atomic mass is 9.67. The first-order valence-corrected chi connectivity index (χ1v) is 4.86. The van der Waals surface area contributed by atoms with E-state index in [0.717, 1.165) is 5.56 Å². The van der Waals surface area contributed by atoms with Crippen LogP contribution in [0.3, 0.4) is 0 Å². The van der Waals surface area contributed by atoms with E-state index in [1.54, 1.807) is 24.5 Å². The maximum atomic E-state index is 11.2. The first kappa shape index (κ1) is 10.1. The molecule has 0 aromatic carbocycles. The van der Waals surface area contributed by atoms with Crippen molar-refractivity contribution in [2.75, 3.05) is 7.11 Å². The molecule has 0 saturated heterocycles. The molecular weight excluding hydrogens is 194 g/mol. The smallest absolute Gasteiger partial charge is 0.308 e. The molecule has 4 nitrogen and oxygen atoms in total. The van der Waals surface area contributed by atoms with Gasteiger partial charge in [0.2, 0.25) is 0 Å². The molecule has 1 saturated carbocycles. The van der Waals surface area contributed by atoms with Gasteiger partial charge in [0, 0.05) is 12.4 Å². The van der Waals surface area contributed by atoms with Crippen LogP contribution in [0.15, 0.2) is 24.5 Å². The van der Waals surface area contributed by atoms with Gasteiger partial charge in [-0.25, -0.2) is 0 Å². The lowest BCUT2D eigenvalue weighted by Gasteiger charge is -2.42. The van der Waals surface area contributed by atoms with Crippen LogP contribution >= 0.6 is 0 Å². The van der Waals surface area contributed by atoms with Crippen molar-refractivity contribution >= 4 is 5.97 Å². The maximum absolute atomic E-state index is 11.2. The maximum Gasteiger partial charge on any atom is 0.308 e. The van der Waals surface area contributed by atoms with Gasteiger partial charge in [-0.3, -0.25) is 9.78 Å². The van der Waals surface area contributed by atoms with Crippen LogP contribution in [-0.4, -0.2) is 23.2 Å². The highest BCUT2D eigenvalue weighted by Gasteiger charge is 2.47. The molecule has 1 aliphatic carbocycles. The third kappa shape index (κ3) is 1.72. The van der Waals surface area contributed by atoms with Crippen LogP contribution in [0.4, 0.5) is 0 Å². The molecular formula is C11H13NO3. The molecule has 1 aromatic heterocycles. The van der Waals surface area contributed by atoms with E-state index in [1.807, 2.05) is 0 Å². The topological polar surface area (TPSA) is 59.4 Å². The van der Waals surface area contributed by atoms with Crippen molar-refractivity contribution in [2.45, 2.75) is 18.4 Å². The minimum absolute atomic E-state index is 0.173. The van der Waals surface area contributed by atoms with E-state index in [2.05, 4.69) is 9.72 Å². The molecule has 1 fully saturated rings. The molecule has 0 amide bonds. The summed E-state index contributed by atoms with van der Waals surface area (Å²) in [7, 11) is 1.37. The van der Waals surface area contributed by atoms with Crippen LogP contribution in [0, 0.1) is 5.92 Å². The predicted molar refractivity (Wildman–Crippen MR) is 52.9 cm³/mol. The van der Waals surface area contributed by atoms with Crippen LogP contribution in [0.2, 0.25) is 0 Å². The van der Waals surface area contributed by atoms with Crippen molar-refractivity contribution in [3.8, 4) is 0 Å². The average molecular weight is 207 g/mol. The number of ether oxygens (including phenoxy) is 1. The van der Waals surface area contributed by atoms with Gasteiger partial charge in [0.25, 0.3) is 0 Å². The quantitative estimate of drug-likeness (QED) is 0.730. The molecule has 2 rings (SSSR count). The molecule has 80 valence electrons. The Bertz CT molecular complexity index is 357. The fourth-order valence-electron chi connectivity index (χ4n) is 1.99. The molecule has 4 heteroatoms. The summed E-state index contributed by atoms with van der Waals surface area (Å²) in [4.78, 5) is 15.1. The van der Waals surface area contributed by atoms with Gasteiger partial charge in [0.05, 0.1) is 18.6 Å². The molecule has 1 heterocycles. The van der Waals surface area contributed by atoms with Crippen molar-refractivity contribution in [3.63, 3.8) is 0 Å². The zero-order valence-electron chi connectivity index (χ0n) is 8.51. The summed E-state index contributed by atoms with van der Waals surface area (Å²) < 4.78 is 4.62. The van der Waals surface area contributed by atoms with E-state index in [9.17, 15) is 9.90 Å². The summed E-state index contributed by atoms with van der Waals surface area (Å²) in [5, 5.41) is 10.2. The number of hydrogen-bond acceptors (Lipinski definition) is 4. The van der Waals surface area contributed by atoms with Crippen LogP contribution in [0.25, 0.3) is 0 Å². The second-order valence-corrected chi connectivity index (χ2v) is 3.90. The summed E-state index contributed by atoms with van der Waals surface area (Å²) in [6.45, 7) is 0. The number of aromatic nitrogens is 1. The molecule has 0 spiro atoms. The highest BCUT2D eigenvalue weighted by atomic mass is 16.5. The molecule has 1 N–H and O–H groups in total. The van der Waals surface area contributed by atoms with Crippen LogP contribution in [-0.2, 0) is 15.1 Å². The number of nitrogens with zero attached hydrogens (tertiary/aromatic N) is 1. The highest BCUT2D eigenvalue weighted by Crippen LogP contribution is 2.45. The van der Waals surface area contributed by atoms with E-state index in [-0.39, 0.29) is 11.9 Å². The van der Waals surface area contributed by atoms with Gasteiger partial charge in [-0.2, -0.15) is 0 Å². The van der Waals surface area contributed by atoms with Gasteiger partial charge >= 0.3 is 5.97 Å². The van der Waals surface area contributed by atoms with E-state index < -0.39 is 5.60 Å². The summed E-state index contributed by atoms with van der Waals surface area (Å²) in [6, 6.07) is 3.54. The van der Waals surface area contributed by atoms with Crippen molar-refractivity contribution in [1.82, 2.24) is 4.98 Å². The van der Waals surface area contributed by atoms with Crippen LogP contribution in [0.1, 0.15) is 18.4 Å². The summed E-state index contributed by atoms with van der Waals surface area (Å²) in [5.41, 5.74) is -0.0559. The Labute approximate surface area is 87.9 Å². The molecule has 0 radical (unpaired) electrons. The van der Waals surface area contributed by atoms with Crippen LogP contribution < -0.4 is 0 Å². The molecule has 15 heavy (non-hydrogen) atoms. The largest absolute Gasteiger partial charge is 0.469 e. The second kappa shape index (κ2) is 3.62. The van der Waals surface area contributed by atoms with Gasteiger partial charge in [0.15, 0.2) is 0 Å². The van der Waals surface area contributed by atoms with E-state index >= 15 is 0 Å².